The van der Waals surface area contributed by atoms with Crippen LogP contribution in [0, 0.1) is 0 Å². The molecular formula is C13H25N3O. The van der Waals surface area contributed by atoms with Crippen LogP contribution in [0.2, 0.25) is 0 Å². The Balaban J connectivity index is 1.81. The predicted octanol–water partition coefficient (Wildman–Crippen LogP) is 0.683. The van der Waals surface area contributed by atoms with Gasteiger partial charge in [-0.3, -0.25) is 14.6 Å². The summed E-state index contributed by atoms with van der Waals surface area (Å²) >= 11 is 0. The van der Waals surface area contributed by atoms with Crippen LogP contribution in [0.1, 0.15) is 32.1 Å². The van der Waals surface area contributed by atoms with Gasteiger partial charge in [-0.25, -0.2) is 0 Å². The molecule has 1 unspecified atom stereocenters. The molecule has 1 atom stereocenters. The summed E-state index contributed by atoms with van der Waals surface area (Å²) in [6.45, 7) is 5.25. The highest BCUT2D eigenvalue weighted by Crippen LogP contribution is 2.19. The van der Waals surface area contributed by atoms with E-state index < -0.39 is 0 Å². The maximum Gasteiger partial charge on any atom is 0.233 e. The third kappa shape index (κ3) is 3.68. The lowest BCUT2D eigenvalue weighted by Crippen LogP contribution is -2.51. The smallest absolute Gasteiger partial charge is 0.233 e. The highest BCUT2D eigenvalue weighted by molar-refractivity contribution is 5.77. The van der Waals surface area contributed by atoms with Crippen LogP contribution in [-0.4, -0.2) is 61.5 Å². The highest BCUT2D eigenvalue weighted by atomic mass is 16.1. The predicted molar refractivity (Wildman–Crippen MR) is 69.0 cm³/mol. The normalized spacial score (nSPS) is 27.9. The molecule has 0 saturated carbocycles. The molecule has 2 aliphatic heterocycles. The Hall–Kier alpha value is -0.610. The molecule has 0 bridgehead atoms. The van der Waals surface area contributed by atoms with Crippen LogP contribution >= 0.6 is 0 Å². The van der Waals surface area contributed by atoms with Gasteiger partial charge in [-0.1, -0.05) is 6.42 Å². The van der Waals surface area contributed by atoms with Crippen LogP contribution in [0.4, 0.5) is 0 Å². The van der Waals surface area contributed by atoms with E-state index in [-0.39, 0.29) is 5.91 Å². The van der Waals surface area contributed by atoms with Gasteiger partial charge in [-0.15, -0.1) is 0 Å². The molecule has 0 radical (unpaired) electrons. The zero-order chi connectivity index (χ0) is 12.1. The SMILES string of the molecule is CNC(=O)CN1CCCC(N2CCCCC2)C1. The number of carbonyl (C=O) groups is 1. The van der Waals surface area contributed by atoms with Crippen LogP contribution in [-0.2, 0) is 4.79 Å². The number of nitrogens with zero attached hydrogens (tertiary/aromatic N) is 2. The van der Waals surface area contributed by atoms with Gasteiger partial charge in [0.2, 0.25) is 5.91 Å². The van der Waals surface area contributed by atoms with Crippen molar-refractivity contribution in [2.45, 2.75) is 38.1 Å². The van der Waals surface area contributed by atoms with Crippen LogP contribution in [0.3, 0.4) is 0 Å². The molecule has 2 rings (SSSR count). The van der Waals surface area contributed by atoms with Crippen LogP contribution in [0.15, 0.2) is 0 Å². The van der Waals surface area contributed by atoms with E-state index in [1.165, 1.54) is 45.2 Å². The minimum absolute atomic E-state index is 0.143. The van der Waals surface area contributed by atoms with Gasteiger partial charge in [0.15, 0.2) is 0 Å². The average molecular weight is 239 g/mol. The number of piperidine rings is 2. The first-order chi connectivity index (χ1) is 8.29. The molecule has 2 aliphatic rings. The number of likely N-dealkylation sites (N-methyl/N-ethyl adjacent to an activating group) is 1. The zero-order valence-corrected chi connectivity index (χ0v) is 11.0. The Kier molecular flexibility index (Phi) is 4.80. The van der Waals surface area contributed by atoms with E-state index in [2.05, 4.69) is 15.1 Å². The summed E-state index contributed by atoms with van der Waals surface area (Å²) in [5, 5.41) is 2.71. The zero-order valence-electron chi connectivity index (χ0n) is 11.0. The third-order valence-electron chi connectivity index (χ3n) is 4.03. The van der Waals surface area contributed by atoms with Crippen molar-refractivity contribution < 1.29 is 4.79 Å². The van der Waals surface area contributed by atoms with Crippen molar-refractivity contribution in [1.29, 1.82) is 0 Å². The van der Waals surface area contributed by atoms with Gasteiger partial charge in [0.25, 0.3) is 0 Å². The topological polar surface area (TPSA) is 35.6 Å². The van der Waals surface area contributed by atoms with E-state index in [9.17, 15) is 4.79 Å². The summed E-state index contributed by atoms with van der Waals surface area (Å²) in [6.07, 6.45) is 6.64. The van der Waals surface area contributed by atoms with Gasteiger partial charge in [-0.2, -0.15) is 0 Å². The van der Waals surface area contributed by atoms with Crippen molar-refractivity contribution in [3.05, 3.63) is 0 Å². The number of nitrogens with one attached hydrogen (secondary N) is 1. The summed E-state index contributed by atoms with van der Waals surface area (Å²) in [7, 11) is 1.72. The standard InChI is InChI=1S/C13H25N3O/c1-14-13(17)11-15-7-5-6-12(10-15)16-8-3-2-4-9-16/h12H,2-11H2,1H3,(H,14,17). The van der Waals surface area contributed by atoms with Crippen molar-refractivity contribution in [1.82, 2.24) is 15.1 Å². The lowest BCUT2D eigenvalue weighted by Gasteiger charge is -2.40. The maximum atomic E-state index is 11.4. The molecule has 0 aromatic carbocycles. The second kappa shape index (κ2) is 6.36. The quantitative estimate of drug-likeness (QED) is 0.787. The maximum absolute atomic E-state index is 11.4. The lowest BCUT2D eigenvalue weighted by molar-refractivity contribution is -0.122. The van der Waals surface area contributed by atoms with Crippen molar-refractivity contribution >= 4 is 5.91 Å². The van der Waals surface area contributed by atoms with Gasteiger partial charge in [0.05, 0.1) is 6.54 Å². The van der Waals surface area contributed by atoms with Crippen LogP contribution < -0.4 is 5.32 Å². The minimum Gasteiger partial charge on any atom is -0.358 e. The summed E-state index contributed by atoms with van der Waals surface area (Å²) in [5.74, 6) is 0.143. The molecule has 0 aromatic heterocycles. The molecule has 0 aliphatic carbocycles. The summed E-state index contributed by atoms with van der Waals surface area (Å²) in [5.41, 5.74) is 0. The van der Waals surface area contributed by atoms with E-state index in [0.717, 1.165) is 13.1 Å². The van der Waals surface area contributed by atoms with Crippen molar-refractivity contribution in [3.8, 4) is 0 Å². The molecule has 2 fully saturated rings. The van der Waals surface area contributed by atoms with E-state index in [4.69, 9.17) is 0 Å². The number of carbonyl (C=O) groups excluding carboxylic acids is 1. The lowest BCUT2D eigenvalue weighted by atomic mass is 10.0. The van der Waals surface area contributed by atoms with Gasteiger partial charge in [-0.05, 0) is 45.3 Å². The van der Waals surface area contributed by atoms with Gasteiger partial charge in [0.1, 0.15) is 0 Å². The fraction of sp³-hybridized carbons (Fsp3) is 0.923. The fourth-order valence-corrected chi connectivity index (χ4v) is 3.04. The Morgan fingerprint density at radius 3 is 2.65 bits per heavy atom. The summed E-state index contributed by atoms with van der Waals surface area (Å²) < 4.78 is 0. The Morgan fingerprint density at radius 2 is 1.94 bits per heavy atom. The molecule has 98 valence electrons. The van der Waals surface area contributed by atoms with Crippen molar-refractivity contribution in [2.75, 3.05) is 39.8 Å². The molecule has 1 amide bonds. The van der Waals surface area contributed by atoms with E-state index in [1.54, 1.807) is 7.05 Å². The molecule has 2 saturated heterocycles. The van der Waals surface area contributed by atoms with E-state index in [0.29, 0.717) is 12.6 Å². The second-order valence-corrected chi connectivity index (χ2v) is 5.30. The minimum atomic E-state index is 0.143. The summed E-state index contributed by atoms with van der Waals surface area (Å²) in [4.78, 5) is 16.3. The summed E-state index contributed by atoms with van der Waals surface area (Å²) in [6, 6.07) is 0.689. The van der Waals surface area contributed by atoms with Crippen molar-refractivity contribution in [3.63, 3.8) is 0 Å². The Bertz CT molecular complexity index is 251. The molecule has 2 heterocycles. The molecular weight excluding hydrogens is 214 g/mol. The molecule has 17 heavy (non-hydrogen) atoms. The third-order valence-corrected chi connectivity index (χ3v) is 4.03. The monoisotopic (exact) mass is 239 g/mol. The first-order valence-electron chi connectivity index (χ1n) is 6.96. The number of hydrogen-bond acceptors (Lipinski definition) is 3. The molecule has 0 aromatic rings. The van der Waals surface area contributed by atoms with Gasteiger partial charge in [0, 0.05) is 19.6 Å². The number of hydrogen-bond donors (Lipinski definition) is 1. The van der Waals surface area contributed by atoms with Gasteiger partial charge >= 0.3 is 0 Å². The average Bonchev–Trinajstić information content (AvgIpc) is 2.40. The Morgan fingerprint density at radius 1 is 1.18 bits per heavy atom. The molecule has 0 spiro atoms. The molecule has 1 N–H and O–H groups in total. The highest BCUT2D eigenvalue weighted by Gasteiger charge is 2.26. The van der Waals surface area contributed by atoms with Crippen LogP contribution in [0.25, 0.3) is 0 Å². The number of likely N-dealkylation sites (tertiary alicyclic amines) is 2. The van der Waals surface area contributed by atoms with Crippen molar-refractivity contribution in [2.24, 2.45) is 0 Å². The fourth-order valence-electron chi connectivity index (χ4n) is 3.04. The van der Waals surface area contributed by atoms with Crippen LogP contribution in [0.5, 0.6) is 0 Å². The number of rotatable bonds is 3. The van der Waals surface area contributed by atoms with Gasteiger partial charge < -0.3 is 5.32 Å². The molecule has 4 nitrogen and oxygen atoms in total. The van der Waals surface area contributed by atoms with E-state index >= 15 is 0 Å². The first kappa shape index (κ1) is 12.8. The first-order valence-corrected chi connectivity index (χ1v) is 6.96. The Labute approximate surface area is 104 Å². The number of amides is 1. The molecule has 4 heteroatoms. The largest absolute Gasteiger partial charge is 0.358 e. The second-order valence-electron chi connectivity index (χ2n) is 5.30. The van der Waals surface area contributed by atoms with E-state index in [1.807, 2.05) is 0 Å².